The number of rotatable bonds is 7. The van der Waals surface area contributed by atoms with Gasteiger partial charge in [0.2, 0.25) is 0 Å². The average Bonchev–Trinajstić information content (AvgIpc) is 3.24. The number of thiophene rings is 1. The first kappa shape index (κ1) is 19.4. The number of aromatic amines is 1. The van der Waals surface area contributed by atoms with E-state index in [4.69, 9.17) is 9.47 Å². The Bertz CT molecular complexity index is 1240. The average molecular weight is 414 g/mol. The van der Waals surface area contributed by atoms with Crippen LogP contribution in [0, 0.1) is 5.82 Å². The Morgan fingerprint density at radius 2 is 2.03 bits per heavy atom. The zero-order valence-electron chi connectivity index (χ0n) is 15.7. The maximum absolute atomic E-state index is 14.2. The van der Waals surface area contributed by atoms with Gasteiger partial charge in [0.15, 0.2) is 0 Å². The van der Waals surface area contributed by atoms with Crippen molar-refractivity contribution in [3.63, 3.8) is 0 Å². The highest BCUT2D eigenvalue weighted by molar-refractivity contribution is 7.21. The van der Waals surface area contributed by atoms with Crippen LogP contribution in [0.2, 0.25) is 0 Å². The molecule has 2 aromatic carbocycles. The number of carbonyl (C=O) groups excluding carboxylic acids is 1. The summed E-state index contributed by atoms with van der Waals surface area (Å²) in [5.74, 6) is -0.896. The predicted molar refractivity (Wildman–Crippen MR) is 110 cm³/mol. The topological polar surface area (TPSA) is 73.3 Å². The number of aryl methyl sites for hydroxylation is 1. The Kier molecular flexibility index (Phi) is 5.46. The molecule has 0 unspecified atom stereocenters. The summed E-state index contributed by atoms with van der Waals surface area (Å²) in [6, 6.07) is 12.2. The third-order valence-corrected chi connectivity index (χ3v) is 5.86. The van der Waals surface area contributed by atoms with Gasteiger partial charge in [0, 0.05) is 29.3 Å². The van der Waals surface area contributed by atoms with E-state index < -0.39 is 5.97 Å². The van der Waals surface area contributed by atoms with Gasteiger partial charge in [0.1, 0.15) is 10.7 Å². The lowest BCUT2D eigenvalue weighted by molar-refractivity contribution is 0.0498. The number of methoxy groups -OCH3 is 1. The highest BCUT2D eigenvalue weighted by Crippen LogP contribution is 2.34. The molecule has 0 amide bonds. The summed E-state index contributed by atoms with van der Waals surface area (Å²) in [5, 5.41) is 0.400. The van der Waals surface area contributed by atoms with Crippen LogP contribution in [0.25, 0.3) is 21.1 Å². The lowest BCUT2D eigenvalue weighted by Gasteiger charge is -2.07. The molecule has 0 aliphatic carbocycles. The third-order valence-electron chi connectivity index (χ3n) is 4.68. The van der Waals surface area contributed by atoms with Crippen LogP contribution in [0.15, 0.2) is 47.3 Å². The molecule has 2 heterocycles. The van der Waals surface area contributed by atoms with Gasteiger partial charge in [0.05, 0.1) is 24.2 Å². The lowest BCUT2D eigenvalue weighted by atomic mass is 10.1. The Hall–Kier alpha value is -2.97. The molecule has 0 bridgehead atoms. The molecule has 0 saturated heterocycles. The summed E-state index contributed by atoms with van der Waals surface area (Å²) in [6.45, 7) is 0.687. The Morgan fingerprint density at radius 3 is 2.86 bits per heavy atom. The first-order valence-corrected chi connectivity index (χ1v) is 9.95. The van der Waals surface area contributed by atoms with E-state index in [0.717, 1.165) is 11.0 Å². The van der Waals surface area contributed by atoms with E-state index in [1.807, 2.05) is 24.3 Å². The van der Waals surface area contributed by atoms with Gasteiger partial charge in [-0.3, -0.25) is 4.57 Å². The molecule has 29 heavy (non-hydrogen) atoms. The summed E-state index contributed by atoms with van der Waals surface area (Å²) >= 11 is 1.19. The Balaban J connectivity index is 1.46. The summed E-state index contributed by atoms with van der Waals surface area (Å²) in [5.41, 5.74) is 1.89. The molecular formula is C21H19FN2O4S. The molecule has 2 aromatic heterocycles. The highest BCUT2D eigenvalue weighted by Gasteiger charge is 2.21. The minimum Gasteiger partial charge on any atom is -0.461 e. The number of benzene rings is 2. The van der Waals surface area contributed by atoms with Crippen molar-refractivity contribution in [2.75, 3.05) is 13.7 Å². The summed E-state index contributed by atoms with van der Waals surface area (Å²) in [7, 11) is 1.50. The van der Waals surface area contributed by atoms with E-state index in [1.165, 1.54) is 24.5 Å². The van der Waals surface area contributed by atoms with Gasteiger partial charge in [-0.25, -0.2) is 14.0 Å². The van der Waals surface area contributed by atoms with Crippen LogP contribution >= 0.6 is 11.3 Å². The Labute approximate surface area is 169 Å². The molecule has 0 fully saturated rings. The predicted octanol–water partition coefficient (Wildman–Crippen LogP) is 4.08. The zero-order valence-corrected chi connectivity index (χ0v) is 16.6. The smallest absolute Gasteiger partial charge is 0.348 e. The van der Waals surface area contributed by atoms with Crippen LogP contribution in [0.5, 0.6) is 0 Å². The molecule has 0 saturated carbocycles. The van der Waals surface area contributed by atoms with Crippen molar-refractivity contribution in [2.24, 2.45) is 0 Å². The van der Waals surface area contributed by atoms with E-state index in [1.54, 1.807) is 16.7 Å². The molecule has 0 atom stereocenters. The van der Waals surface area contributed by atoms with E-state index in [9.17, 15) is 14.0 Å². The number of aromatic nitrogens is 2. The van der Waals surface area contributed by atoms with Gasteiger partial charge in [0.25, 0.3) is 0 Å². The number of hydrogen-bond acceptors (Lipinski definition) is 5. The zero-order chi connectivity index (χ0) is 20.4. The fraction of sp³-hybridized carbons (Fsp3) is 0.238. The largest absolute Gasteiger partial charge is 0.461 e. The number of nitrogens with zero attached hydrogens (tertiary/aromatic N) is 1. The molecule has 4 aromatic rings. The standard InChI is InChI=1S/C21H19FN2O4S/c1-27-12-13-18-14(22)6-4-9-17(18)29-19(13)20(25)28-11-5-10-24-16-8-3-2-7-15(16)23-21(24)26/h2-4,6-9H,5,10-12H2,1H3,(H,23,26). The van der Waals surface area contributed by atoms with Gasteiger partial charge in [-0.1, -0.05) is 18.2 Å². The van der Waals surface area contributed by atoms with Crippen molar-refractivity contribution in [1.82, 2.24) is 9.55 Å². The maximum Gasteiger partial charge on any atom is 0.348 e. The molecular weight excluding hydrogens is 395 g/mol. The quantitative estimate of drug-likeness (QED) is 0.365. The van der Waals surface area contributed by atoms with E-state index >= 15 is 0 Å². The first-order valence-electron chi connectivity index (χ1n) is 9.13. The number of para-hydroxylation sites is 2. The number of ether oxygens (including phenoxy) is 2. The van der Waals surface area contributed by atoms with Crippen molar-refractivity contribution in [3.05, 3.63) is 69.2 Å². The molecule has 0 aliphatic rings. The maximum atomic E-state index is 14.2. The van der Waals surface area contributed by atoms with E-state index in [0.29, 0.717) is 33.5 Å². The fourth-order valence-corrected chi connectivity index (χ4v) is 4.51. The van der Waals surface area contributed by atoms with Crippen molar-refractivity contribution >= 4 is 38.4 Å². The van der Waals surface area contributed by atoms with Crippen molar-refractivity contribution < 1.29 is 18.7 Å². The lowest BCUT2D eigenvalue weighted by Crippen LogP contribution is -2.18. The van der Waals surface area contributed by atoms with Crippen molar-refractivity contribution in [1.29, 1.82) is 0 Å². The summed E-state index contributed by atoms with van der Waals surface area (Å²) < 4.78 is 27.1. The van der Waals surface area contributed by atoms with Gasteiger partial charge in [-0.05, 0) is 30.7 Å². The minimum absolute atomic E-state index is 0.121. The second-order valence-corrected chi connectivity index (χ2v) is 7.60. The number of hydrogen-bond donors (Lipinski definition) is 1. The molecule has 8 heteroatoms. The molecule has 0 aliphatic heterocycles. The number of nitrogens with one attached hydrogen (secondary N) is 1. The monoisotopic (exact) mass is 414 g/mol. The number of imidazole rings is 1. The number of esters is 1. The molecule has 4 rings (SSSR count). The number of H-pyrrole nitrogens is 1. The molecule has 0 radical (unpaired) electrons. The number of carbonyl (C=O) groups is 1. The fourth-order valence-electron chi connectivity index (χ4n) is 3.40. The first-order chi connectivity index (χ1) is 14.1. The number of fused-ring (bicyclic) bond motifs is 2. The van der Waals surface area contributed by atoms with Gasteiger partial charge in [-0.15, -0.1) is 11.3 Å². The highest BCUT2D eigenvalue weighted by atomic mass is 32.1. The van der Waals surface area contributed by atoms with Crippen LogP contribution in [-0.4, -0.2) is 29.2 Å². The third kappa shape index (κ3) is 3.68. The summed E-state index contributed by atoms with van der Waals surface area (Å²) in [4.78, 5) is 27.8. The van der Waals surface area contributed by atoms with Crippen LogP contribution in [0.4, 0.5) is 4.39 Å². The van der Waals surface area contributed by atoms with E-state index in [-0.39, 0.29) is 24.7 Å². The van der Waals surface area contributed by atoms with Gasteiger partial charge < -0.3 is 14.5 Å². The molecule has 1 N–H and O–H groups in total. The van der Waals surface area contributed by atoms with Gasteiger partial charge >= 0.3 is 11.7 Å². The normalized spacial score (nSPS) is 11.4. The van der Waals surface area contributed by atoms with Gasteiger partial charge in [-0.2, -0.15) is 0 Å². The number of halogens is 1. The second kappa shape index (κ2) is 8.18. The van der Waals surface area contributed by atoms with Crippen LogP contribution < -0.4 is 5.69 Å². The Morgan fingerprint density at radius 1 is 1.21 bits per heavy atom. The molecule has 6 nitrogen and oxygen atoms in total. The molecule has 0 spiro atoms. The van der Waals surface area contributed by atoms with Crippen molar-refractivity contribution in [2.45, 2.75) is 19.6 Å². The van der Waals surface area contributed by atoms with Crippen LogP contribution in [0.3, 0.4) is 0 Å². The van der Waals surface area contributed by atoms with Crippen LogP contribution in [-0.2, 0) is 22.6 Å². The SMILES string of the molecule is COCc1c(C(=O)OCCCn2c(=O)[nH]c3ccccc32)sc2cccc(F)c12. The second-order valence-electron chi connectivity index (χ2n) is 6.54. The minimum atomic E-state index is -0.510. The summed E-state index contributed by atoms with van der Waals surface area (Å²) in [6.07, 6.45) is 0.479. The van der Waals surface area contributed by atoms with Crippen LogP contribution in [0.1, 0.15) is 21.7 Å². The molecule has 150 valence electrons. The van der Waals surface area contributed by atoms with E-state index in [2.05, 4.69) is 4.98 Å². The van der Waals surface area contributed by atoms with Crippen molar-refractivity contribution in [3.8, 4) is 0 Å².